The Morgan fingerprint density at radius 3 is 2.43 bits per heavy atom. The highest BCUT2D eigenvalue weighted by Gasteiger charge is 2.31. The second-order valence-electron chi connectivity index (χ2n) is 7.88. The maximum atomic E-state index is 12.3. The molecule has 30 heavy (non-hydrogen) atoms. The van der Waals surface area contributed by atoms with E-state index in [0.29, 0.717) is 23.0 Å². The van der Waals surface area contributed by atoms with Crippen LogP contribution in [-0.4, -0.2) is 36.6 Å². The molecule has 0 aromatic heterocycles. The number of ether oxygens (including phenoxy) is 2. The fourth-order valence-corrected chi connectivity index (χ4v) is 4.02. The molecule has 166 valence electrons. The summed E-state index contributed by atoms with van der Waals surface area (Å²) in [7, 11) is 3.50. The Morgan fingerprint density at radius 1 is 1.13 bits per heavy atom. The first-order valence-corrected chi connectivity index (χ1v) is 11.4. The molecule has 1 unspecified atom stereocenters. The molecular formula is C24H36N2O3S. The van der Waals surface area contributed by atoms with Gasteiger partial charge in [-0.25, -0.2) is 0 Å². The highest BCUT2D eigenvalue weighted by molar-refractivity contribution is 7.80. The van der Waals surface area contributed by atoms with Crippen molar-refractivity contribution in [2.75, 3.05) is 20.8 Å². The Kier molecular flexibility index (Phi) is 9.63. The van der Waals surface area contributed by atoms with Crippen molar-refractivity contribution < 1.29 is 14.3 Å². The number of rotatable bonds is 12. The molecule has 0 saturated carbocycles. The van der Waals surface area contributed by atoms with E-state index in [1.807, 2.05) is 37.1 Å². The van der Waals surface area contributed by atoms with Crippen LogP contribution in [0, 0.1) is 0 Å². The molecule has 0 bridgehead atoms. The minimum Gasteiger partial charge on any atom is -0.493 e. The molecule has 0 aliphatic carbocycles. The molecule has 1 aliphatic rings. The van der Waals surface area contributed by atoms with Gasteiger partial charge in [0.25, 0.3) is 0 Å². The van der Waals surface area contributed by atoms with E-state index in [1.54, 1.807) is 14.0 Å². The monoisotopic (exact) mass is 432 g/mol. The van der Waals surface area contributed by atoms with Gasteiger partial charge in [0.2, 0.25) is 0 Å². The van der Waals surface area contributed by atoms with Crippen LogP contribution in [0.5, 0.6) is 11.5 Å². The van der Waals surface area contributed by atoms with Crippen LogP contribution in [0.15, 0.2) is 29.5 Å². The van der Waals surface area contributed by atoms with E-state index < -0.39 is 0 Å². The highest BCUT2D eigenvalue weighted by Crippen LogP contribution is 2.35. The first-order chi connectivity index (χ1) is 14.4. The van der Waals surface area contributed by atoms with Gasteiger partial charge in [-0.05, 0) is 50.2 Å². The topological polar surface area (TPSA) is 50.8 Å². The van der Waals surface area contributed by atoms with E-state index in [9.17, 15) is 4.79 Å². The number of hydrogen-bond donors (Lipinski definition) is 1. The summed E-state index contributed by atoms with van der Waals surface area (Å²) in [6, 6.07) is 5.54. The van der Waals surface area contributed by atoms with Crippen LogP contribution < -0.4 is 14.8 Å². The third-order valence-corrected chi connectivity index (χ3v) is 6.05. The second kappa shape index (κ2) is 11.9. The number of nitrogens with one attached hydrogen (secondary N) is 1. The number of nitrogens with zero attached hydrogens (tertiary/aromatic N) is 1. The van der Waals surface area contributed by atoms with Gasteiger partial charge in [-0.1, -0.05) is 51.5 Å². The number of carbonyl (C=O) groups excluding carboxylic acids is 1. The van der Waals surface area contributed by atoms with Gasteiger partial charge in [0.1, 0.15) is 0 Å². The summed E-state index contributed by atoms with van der Waals surface area (Å²) < 4.78 is 11.5. The lowest BCUT2D eigenvalue weighted by Gasteiger charge is -2.35. The van der Waals surface area contributed by atoms with E-state index in [0.717, 1.165) is 23.4 Å². The smallest absolute Gasteiger partial charge is 0.173 e. The number of benzene rings is 1. The zero-order chi connectivity index (χ0) is 22.1. The predicted octanol–water partition coefficient (Wildman–Crippen LogP) is 5.55. The summed E-state index contributed by atoms with van der Waals surface area (Å²) in [4.78, 5) is 14.2. The zero-order valence-electron chi connectivity index (χ0n) is 19.0. The summed E-state index contributed by atoms with van der Waals surface area (Å²) in [5, 5.41) is 3.88. The van der Waals surface area contributed by atoms with Crippen LogP contribution in [0.3, 0.4) is 0 Å². The molecule has 0 radical (unpaired) electrons. The standard InChI is InChI=1S/C24H36N2O3S/c1-6-7-8-9-10-11-12-15-29-20-14-13-19(16-21(20)28-5)23-22(18(3)27)17(2)26(4)24(30)25-23/h13-14,16,23H,6-12,15H2,1-5H3,(H,25,30). The summed E-state index contributed by atoms with van der Waals surface area (Å²) >= 11 is 5.44. The van der Waals surface area contributed by atoms with Crippen LogP contribution in [0.2, 0.25) is 0 Å². The lowest BCUT2D eigenvalue weighted by molar-refractivity contribution is -0.114. The number of methoxy groups -OCH3 is 1. The van der Waals surface area contributed by atoms with E-state index in [2.05, 4.69) is 12.2 Å². The summed E-state index contributed by atoms with van der Waals surface area (Å²) in [5.41, 5.74) is 2.51. The molecule has 1 aliphatic heterocycles. The van der Waals surface area contributed by atoms with E-state index in [-0.39, 0.29) is 11.8 Å². The van der Waals surface area contributed by atoms with Crippen LogP contribution in [0.1, 0.15) is 77.3 Å². The van der Waals surface area contributed by atoms with Crippen molar-refractivity contribution in [3.8, 4) is 11.5 Å². The number of unbranched alkanes of at least 4 members (excludes halogenated alkanes) is 6. The molecule has 0 fully saturated rings. The van der Waals surface area contributed by atoms with Gasteiger partial charge >= 0.3 is 0 Å². The number of ketones is 1. The molecule has 0 amide bonds. The van der Waals surface area contributed by atoms with Crippen molar-refractivity contribution in [1.29, 1.82) is 0 Å². The molecule has 1 N–H and O–H groups in total. The van der Waals surface area contributed by atoms with E-state index in [1.165, 1.54) is 38.5 Å². The quantitative estimate of drug-likeness (QED) is 0.345. The molecule has 1 aromatic carbocycles. The Balaban J connectivity index is 2.04. The number of Topliss-reactive ketones (excluding diaryl/α,β-unsaturated/α-hetero) is 1. The molecule has 1 heterocycles. The van der Waals surface area contributed by atoms with Gasteiger partial charge in [-0.15, -0.1) is 0 Å². The van der Waals surface area contributed by atoms with Crippen LogP contribution in [0.4, 0.5) is 0 Å². The Morgan fingerprint density at radius 2 is 1.80 bits per heavy atom. The van der Waals surface area contributed by atoms with Crippen LogP contribution in [-0.2, 0) is 4.79 Å². The van der Waals surface area contributed by atoms with Crippen molar-refractivity contribution in [2.24, 2.45) is 0 Å². The molecule has 1 aromatic rings. The first kappa shape index (κ1) is 24.2. The van der Waals surface area contributed by atoms with Crippen molar-refractivity contribution in [3.63, 3.8) is 0 Å². The number of carbonyl (C=O) groups is 1. The third kappa shape index (κ3) is 6.21. The number of allylic oxidation sites excluding steroid dienone is 1. The van der Waals surface area contributed by atoms with Gasteiger partial charge in [0, 0.05) is 18.3 Å². The van der Waals surface area contributed by atoms with E-state index in [4.69, 9.17) is 21.7 Å². The van der Waals surface area contributed by atoms with Gasteiger partial charge in [-0.3, -0.25) is 4.79 Å². The molecule has 5 nitrogen and oxygen atoms in total. The fraction of sp³-hybridized carbons (Fsp3) is 0.583. The lowest BCUT2D eigenvalue weighted by Crippen LogP contribution is -2.45. The molecule has 0 spiro atoms. The average molecular weight is 433 g/mol. The van der Waals surface area contributed by atoms with Gasteiger partial charge < -0.3 is 19.7 Å². The van der Waals surface area contributed by atoms with E-state index >= 15 is 0 Å². The molecule has 0 saturated heterocycles. The van der Waals surface area contributed by atoms with Crippen molar-refractivity contribution >= 4 is 23.1 Å². The SMILES string of the molecule is CCCCCCCCCOc1ccc(C2NC(=S)N(C)C(C)=C2C(C)=O)cc1OC. The van der Waals surface area contributed by atoms with Crippen molar-refractivity contribution in [1.82, 2.24) is 10.2 Å². The zero-order valence-corrected chi connectivity index (χ0v) is 19.9. The van der Waals surface area contributed by atoms with Crippen molar-refractivity contribution in [2.45, 2.75) is 71.8 Å². The second-order valence-corrected chi connectivity index (χ2v) is 8.26. The normalized spacial score (nSPS) is 16.5. The Hall–Kier alpha value is -2.08. The fourth-order valence-electron chi connectivity index (χ4n) is 3.77. The lowest BCUT2D eigenvalue weighted by atomic mass is 9.92. The minimum atomic E-state index is -0.294. The number of hydrogen-bond acceptors (Lipinski definition) is 4. The first-order valence-electron chi connectivity index (χ1n) is 11.0. The summed E-state index contributed by atoms with van der Waals surface area (Å²) in [6.07, 6.45) is 8.74. The van der Waals surface area contributed by atoms with Gasteiger partial charge in [-0.2, -0.15) is 0 Å². The maximum absolute atomic E-state index is 12.3. The molecular weight excluding hydrogens is 396 g/mol. The van der Waals surface area contributed by atoms with Crippen molar-refractivity contribution in [3.05, 3.63) is 35.0 Å². The minimum absolute atomic E-state index is 0.0255. The van der Waals surface area contributed by atoms with Crippen LogP contribution in [0.25, 0.3) is 0 Å². The van der Waals surface area contributed by atoms with Gasteiger partial charge in [0.05, 0.1) is 19.8 Å². The Bertz CT molecular complexity index is 776. The molecule has 6 heteroatoms. The molecule has 2 rings (SSSR count). The largest absolute Gasteiger partial charge is 0.493 e. The maximum Gasteiger partial charge on any atom is 0.173 e. The third-order valence-electron chi connectivity index (χ3n) is 5.66. The number of thiocarbonyl (C=S) groups is 1. The summed E-state index contributed by atoms with van der Waals surface area (Å²) in [6.45, 7) is 6.43. The van der Waals surface area contributed by atoms with Crippen LogP contribution >= 0.6 is 12.2 Å². The average Bonchev–Trinajstić information content (AvgIpc) is 2.73. The van der Waals surface area contributed by atoms with Gasteiger partial charge in [0.15, 0.2) is 22.4 Å². The molecule has 1 atom stereocenters. The highest BCUT2D eigenvalue weighted by atomic mass is 32.1. The summed E-state index contributed by atoms with van der Waals surface area (Å²) in [5.74, 6) is 1.42. The Labute approximate surface area is 186 Å². The predicted molar refractivity (Wildman–Crippen MR) is 126 cm³/mol.